The fraction of sp³-hybridized carbons (Fsp3) is 0.250. The number of nitrogens with zero attached hydrogens (tertiary/aromatic N) is 1. The van der Waals surface area contributed by atoms with Crippen molar-refractivity contribution >= 4 is 5.91 Å². The molecule has 0 saturated heterocycles. The molecule has 0 aliphatic carbocycles. The molecule has 1 amide bonds. The molecule has 1 aromatic heterocycles. The molecule has 1 unspecified atom stereocenters. The third kappa shape index (κ3) is 5.50. The van der Waals surface area contributed by atoms with Gasteiger partial charge in [-0.25, -0.2) is 0 Å². The lowest BCUT2D eigenvalue weighted by molar-refractivity contribution is 0.0940. The molecule has 6 heteroatoms. The Morgan fingerprint density at radius 3 is 2.40 bits per heavy atom. The molecular weight excluding hydrogens is 380 g/mol. The van der Waals surface area contributed by atoms with Gasteiger partial charge < -0.3 is 19.5 Å². The minimum Gasteiger partial charge on any atom is -0.494 e. The highest BCUT2D eigenvalue weighted by Crippen LogP contribution is 2.31. The van der Waals surface area contributed by atoms with Crippen molar-refractivity contribution in [3.63, 3.8) is 0 Å². The molecular formula is C24H26N2O4. The summed E-state index contributed by atoms with van der Waals surface area (Å²) in [6.07, 6.45) is 3.46. The number of nitrogens with one attached hydrogen (secondary N) is 1. The van der Waals surface area contributed by atoms with Gasteiger partial charge in [0.15, 0.2) is 11.5 Å². The molecule has 1 N–H and O–H groups in total. The molecule has 1 heterocycles. The minimum absolute atomic E-state index is 0.150. The first-order chi connectivity index (χ1) is 14.6. The monoisotopic (exact) mass is 406 g/mol. The average Bonchev–Trinajstić information content (AvgIpc) is 2.79. The smallest absolute Gasteiger partial charge is 0.251 e. The summed E-state index contributed by atoms with van der Waals surface area (Å²) in [5.41, 5.74) is 2.52. The fourth-order valence-electron chi connectivity index (χ4n) is 2.95. The van der Waals surface area contributed by atoms with Gasteiger partial charge in [0.25, 0.3) is 5.91 Å². The van der Waals surface area contributed by atoms with Gasteiger partial charge in [0, 0.05) is 18.0 Å². The van der Waals surface area contributed by atoms with Crippen LogP contribution in [0.15, 0.2) is 67.0 Å². The Bertz CT molecular complexity index is 959. The maximum absolute atomic E-state index is 12.6. The first kappa shape index (κ1) is 21.2. The molecule has 0 aliphatic heterocycles. The summed E-state index contributed by atoms with van der Waals surface area (Å²) >= 11 is 0. The number of amides is 1. The van der Waals surface area contributed by atoms with Gasteiger partial charge in [-0.1, -0.05) is 6.07 Å². The first-order valence-corrected chi connectivity index (χ1v) is 9.84. The second kappa shape index (κ2) is 10.3. The number of hydrogen-bond acceptors (Lipinski definition) is 5. The van der Waals surface area contributed by atoms with E-state index in [9.17, 15) is 4.79 Å². The van der Waals surface area contributed by atoms with E-state index in [2.05, 4.69) is 10.3 Å². The van der Waals surface area contributed by atoms with Crippen LogP contribution in [0.2, 0.25) is 0 Å². The molecule has 0 fully saturated rings. The average molecular weight is 406 g/mol. The summed E-state index contributed by atoms with van der Waals surface area (Å²) in [5.74, 6) is 1.85. The standard InChI is InChI=1S/C24H26N2O4/c1-4-29-21-8-5-19(6-9-21)24(27)26-17(2)20-7-10-22(23(15-20)28-3)30-16-18-11-13-25-14-12-18/h5-15,17H,4,16H2,1-3H3,(H,26,27). The van der Waals surface area contributed by atoms with E-state index in [1.54, 1.807) is 43.8 Å². The van der Waals surface area contributed by atoms with Gasteiger partial charge in [-0.2, -0.15) is 0 Å². The summed E-state index contributed by atoms with van der Waals surface area (Å²) in [6, 6.07) is 16.4. The van der Waals surface area contributed by atoms with E-state index in [0.29, 0.717) is 30.3 Å². The van der Waals surface area contributed by atoms with Crippen molar-refractivity contribution in [2.24, 2.45) is 0 Å². The highest BCUT2D eigenvalue weighted by atomic mass is 16.5. The lowest BCUT2D eigenvalue weighted by atomic mass is 10.1. The Kier molecular flexibility index (Phi) is 7.27. The van der Waals surface area contributed by atoms with Gasteiger partial charge in [0.1, 0.15) is 12.4 Å². The maximum Gasteiger partial charge on any atom is 0.251 e. The number of aromatic nitrogens is 1. The van der Waals surface area contributed by atoms with Crippen molar-refractivity contribution in [2.75, 3.05) is 13.7 Å². The van der Waals surface area contributed by atoms with Crippen molar-refractivity contribution < 1.29 is 19.0 Å². The predicted molar refractivity (Wildman–Crippen MR) is 115 cm³/mol. The molecule has 0 bridgehead atoms. The van der Waals surface area contributed by atoms with Crippen LogP contribution >= 0.6 is 0 Å². The van der Waals surface area contributed by atoms with Crippen LogP contribution in [0, 0.1) is 0 Å². The van der Waals surface area contributed by atoms with Gasteiger partial charge in [-0.3, -0.25) is 9.78 Å². The highest BCUT2D eigenvalue weighted by molar-refractivity contribution is 5.94. The zero-order valence-corrected chi connectivity index (χ0v) is 17.4. The largest absolute Gasteiger partial charge is 0.494 e. The Balaban J connectivity index is 1.65. The van der Waals surface area contributed by atoms with Crippen molar-refractivity contribution in [2.45, 2.75) is 26.5 Å². The summed E-state index contributed by atoms with van der Waals surface area (Å²) in [5, 5.41) is 3.01. The fourth-order valence-corrected chi connectivity index (χ4v) is 2.95. The summed E-state index contributed by atoms with van der Waals surface area (Å²) in [6.45, 7) is 4.86. The Labute approximate surface area is 176 Å². The topological polar surface area (TPSA) is 69.7 Å². The van der Waals surface area contributed by atoms with E-state index in [4.69, 9.17) is 14.2 Å². The van der Waals surface area contributed by atoms with Crippen molar-refractivity contribution in [1.82, 2.24) is 10.3 Å². The van der Waals surface area contributed by atoms with Gasteiger partial charge >= 0.3 is 0 Å². The number of pyridine rings is 1. The van der Waals surface area contributed by atoms with Crippen LogP contribution in [0.5, 0.6) is 17.2 Å². The Hall–Kier alpha value is -3.54. The molecule has 0 radical (unpaired) electrons. The number of benzene rings is 2. The molecule has 2 aromatic carbocycles. The second-order valence-corrected chi connectivity index (χ2v) is 6.71. The summed E-state index contributed by atoms with van der Waals surface area (Å²) in [4.78, 5) is 16.6. The molecule has 0 spiro atoms. The first-order valence-electron chi connectivity index (χ1n) is 9.84. The number of ether oxygens (including phenoxy) is 3. The van der Waals surface area contributed by atoms with E-state index in [0.717, 1.165) is 16.9 Å². The van der Waals surface area contributed by atoms with E-state index in [1.807, 2.05) is 44.2 Å². The van der Waals surface area contributed by atoms with Crippen LogP contribution in [-0.2, 0) is 6.61 Å². The van der Waals surface area contributed by atoms with Crippen LogP contribution in [0.3, 0.4) is 0 Å². The van der Waals surface area contributed by atoms with Crippen molar-refractivity contribution in [3.8, 4) is 17.2 Å². The van der Waals surface area contributed by atoms with Gasteiger partial charge in [-0.05, 0) is 73.5 Å². The molecule has 156 valence electrons. The quantitative estimate of drug-likeness (QED) is 0.564. The van der Waals surface area contributed by atoms with Crippen molar-refractivity contribution in [1.29, 1.82) is 0 Å². The van der Waals surface area contributed by atoms with Crippen LogP contribution in [0.1, 0.15) is 41.4 Å². The number of carbonyl (C=O) groups is 1. The summed E-state index contributed by atoms with van der Waals surface area (Å²) in [7, 11) is 1.60. The number of carbonyl (C=O) groups excluding carboxylic acids is 1. The van der Waals surface area contributed by atoms with Crippen LogP contribution in [0.25, 0.3) is 0 Å². The zero-order valence-electron chi connectivity index (χ0n) is 17.4. The lowest BCUT2D eigenvalue weighted by Gasteiger charge is -2.17. The van der Waals surface area contributed by atoms with Crippen LogP contribution in [0.4, 0.5) is 0 Å². The normalized spacial score (nSPS) is 11.4. The second-order valence-electron chi connectivity index (χ2n) is 6.71. The van der Waals surface area contributed by atoms with E-state index in [1.165, 1.54) is 0 Å². The lowest BCUT2D eigenvalue weighted by Crippen LogP contribution is -2.26. The van der Waals surface area contributed by atoms with Gasteiger partial charge in [-0.15, -0.1) is 0 Å². The van der Waals surface area contributed by atoms with E-state index in [-0.39, 0.29) is 11.9 Å². The van der Waals surface area contributed by atoms with Crippen LogP contribution < -0.4 is 19.5 Å². The summed E-state index contributed by atoms with van der Waals surface area (Å²) < 4.78 is 16.8. The van der Waals surface area contributed by atoms with Crippen LogP contribution in [-0.4, -0.2) is 24.6 Å². The molecule has 0 saturated carbocycles. The van der Waals surface area contributed by atoms with Gasteiger partial charge in [0.2, 0.25) is 0 Å². The molecule has 6 nitrogen and oxygen atoms in total. The Morgan fingerprint density at radius 2 is 1.73 bits per heavy atom. The molecule has 30 heavy (non-hydrogen) atoms. The molecule has 3 aromatic rings. The highest BCUT2D eigenvalue weighted by Gasteiger charge is 2.14. The minimum atomic E-state index is -0.202. The molecule has 1 atom stereocenters. The van der Waals surface area contributed by atoms with Crippen molar-refractivity contribution in [3.05, 3.63) is 83.7 Å². The van der Waals surface area contributed by atoms with E-state index < -0.39 is 0 Å². The third-order valence-corrected chi connectivity index (χ3v) is 4.61. The maximum atomic E-state index is 12.6. The van der Waals surface area contributed by atoms with Gasteiger partial charge in [0.05, 0.1) is 19.8 Å². The zero-order chi connectivity index (χ0) is 21.3. The van der Waals surface area contributed by atoms with E-state index >= 15 is 0 Å². The molecule has 3 rings (SSSR count). The Morgan fingerprint density at radius 1 is 1.00 bits per heavy atom. The third-order valence-electron chi connectivity index (χ3n) is 4.61. The number of hydrogen-bond donors (Lipinski definition) is 1. The molecule has 0 aliphatic rings. The SMILES string of the molecule is CCOc1ccc(C(=O)NC(C)c2ccc(OCc3ccncc3)c(OC)c2)cc1. The predicted octanol–water partition coefficient (Wildman–Crippen LogP) is 4.56. The number of rotatable bonds is 9. The number of methoxy groups -OCH3 is 1.